The number of carbonyl (C=O) groups is 1. The lowest BCUT2D eigenvalue weighted by molar-refractivity contribution is 0.102. The van der Waals surface area contributed by atoms with Gasteiger partial charge in [0.2, 0.25) is 10.0 Å². The zero-order valence-corrected chi connectivity index (χ0v) is 14.6. The normalized spacial score (nSPS) is 13.3. The standard InChI is InChI=1S/C19H20N2O3S/c1-2-11-20-25(23,24)18-8-4-7-16(13-18)19(22)21-17-10-9-14-5-3-6-15(14)12-17/h2,4,7-10,12-13,20H,1,3,5-6,11H2,(H,21,22). The Kier molecular flexibility index (Phi) is 5.01. The molecule has 2 N–H and O–H groups in total. The molecule has 0 atom stereocenters. The van der Waals surface area contributed by atoms with Crippen molar-refractivity contribution >= 4 is 21.6 Å². The molecule has 0 aliphatic heterocycles. The summed E-state index contributed by atoms with van der Waals surface area (Å²) in [4.78, 5) is 12.5. The van der Waals surface area contributed by atoms with Gasteiger partial charge in [0.15, 0.2) is 0 Å². The predicted octanol–water partition coefficient (Wildman–Crippen LogP) is 2.89. The third-order valence-corrected chi connectivity index (χ3v) is 5.60. The van der Waals surface area contributed by atoms with Crippen LogP contribution in [0, 0.1) is 0 Å². The minimum absolute atomic E-state index is 0.0518. The Hall–Kier alpha value is -2.44. The van der Waals surface area contributed by atoms with Gasteiger partial charge in [-0.2, -0.15) is 0 Å². The fourth-order valence-electron chi connectivity index (χ4n) is 2.91. The number of hydrogen-bond acceptors (Lipinski definition) is 3. The van der Waals surface area contributed by atoms with Crippen LogP contribution < -0.4 is 10.0 Å². The third kappa shape index (κ3) is 3.97. The molecule has 130 valence electrons. The SMILES string of the molecule is C=CCNS(=O)(=O)c1cccc(C(=O)Nc2ccc3c(c2)CCC3)c1. The van der Waals surface area contributed by atoms with E-state index in [1.165, 1.54) is 29.3 Å². The van der Waals surface area contributed by atoms with E-state index in [4.69, 9.17) is 0 Å². The van der Waals surface area contributed by atoms with Crippen LogP contribution >= 0.6 is 0 Å². The lowest BCUT2D eigenvalue weighted by Crippen LogP contribution is -2.24. The van der Waals surface area contributed by atoms with E-state index >= 15 is 0 Å². The van der Waals surface area contributed by atoms with E-state index in [1.54, 1.807) is 12.1 Å². The van der Waals surface area contributed by atoms with Crippen LogP contribution in [0.3, 0.4) is 0 Å². The van der Waals surface area contributed by atoms with Gasteiger partial charge in [-0.3, -0.25) is 4.79 Å². The zero-order chi connectivity index (χ0) is 17.9. The number of benzene rings is 2. The average molecular weight is 356 g/mol. The van der Waals surface area contributed by atoms with Crippen molar-refractivity contribution in [2.45, 2.75) is 24.2 Å². The first-order valence-electron chi connectivity index (χ1n) is 8.13. The topological polar surface area (TPSA) is 75.3 Å². The van der Waals surface area contributed by atoms with Crippen molar-refractivity contribution in [1.82, 2.24) is 4.72 Å². The van der Waals surface area contributed by atoms with Gasteiger partial charge in [0.1, 0.15) is 0 Å². The third-order valence-electron chi connectivity index (χ3n) is 4.18. The summed E-state index contributed by atoms with van der Waals surface area (Å²) in [5.41, 5.74) is 3.62. The van der Waals surface area contributed by atoms with Crippen molar-refractivity contribution in [3.8, 4) is 0 Å². The van der Waals surface area contributed by atoms with Gasteiger partial charge in [0.05, 0.1) is 4.90 Å². The molecular formula is C19H20N2O3S. The highest BCUT2D eigenvalue weighted by Crippen LogP contribution is 2.25. The molecule has 6 heteroatoms. The van der Waals surface area contributed by atoms with Crippen LogP contribution in [0.4, 0.5) is 5.69 Å². The quantitative estimate of drug-likeness (QED) is 0.782. The summed E-state index contributed by atoms with van der Waals surface area (Å²) >= 11 is 0. The maximum Gasteiger partial charge on any atom is 0.255 e. The second kappa shape index (κ2) is 7.21. The highest BCUT2D eigenvalue weighted by molar-refractivity contribution is 7.89. The van der Waals surface area contributed by atoms with E-state index in [-0.39, 0.29) is 17.3 Å². The molecule has 0 radical (unpaired) electrons. The van der Waals surface area contributed by atoms with E-state index in [2.05, 4.69) is 16.6 Å². The molecule has 0 aromatic heterocycles. The van der Waals surface area contributed by atoms with Crippen molar-refractivity contribution in [3.63, 3.8) is 0 Å². The number of aryl methyl sites for hydroxylation is 2. The van der Waals surface area contributed by atoms with Crippen LogP contribution in [-0.2, 0) is 22.9 Å². The Labute approximate surface area is 147 Å². The molecular weight excluding hydrogens is 336 g/mol. The second-order valence-corrected chi connectivity index (χ2v) is 7.73. The highest BCUT2D eigenvalue weighted by Gasteiger charge is 2.16. The monoisotopic (exact) mass is 356 g/mol. The van der Waals surface area contributed by atoms with E-state index in [0.29, 0.717) is 5.56 Å². The molecule has 3 rings (SSSR count). The summed E-state index contributed by atoms with van der Waals surface area (Å²) in [6, 6.07) is 11.9. The molecule has 0 heterocycles. The first-order valence-corrected chi connectivity index (χ1v) is 9.62. The summed E-state index contributed by atoms with van der Waals surface area (Å²) < 4.78 is 26.7. The molecule has 0 fully saturated rings. The van der Waals surface area contributed by atoms with Gasteiger partial charge in [0, 0.05) is 17.8 Å². The van der Waals surface area contributed by atoms with Gasteiger partial charge in [-0.25, -0.2) is 13.1 Å². The number of fused-ring (bicyclic) bond motifs is 1. The fraction of sp³-hybridized carbons (Fsp3) is 0.211. The first kappa shape index (κ1) is 17.4. The molecule has 1 amide bonds. The Morgan fingerprint density at radius 2 is 1.92 bits per heavy atom. The maximum absolute atomic E-state index is 12.5. The molecule has 0 spiro atoms. The van der Waals surface area contributed by atoms with Crippen LogP contribution in [0.5, 0.6) is 0 Å². The minimum atomic E-state index is -3.66. The van der Waals surface area contributed by atoms with Crippen molar-refractivity contribution in [2.75, 3.05) is 11.9 Å². The van der Waals surface area contributed by atoms with Crippen LogP contribution in [0.15, 0.2) is 60.0 Å². The van der Waals surface area contributed by atoms with Crippen molar-refractivity contribution < 1.29 is 13.2 Å². The van der Waals surface area contributed by atoms with Crippen molar-refractivity contribution in [3.05, 3.63) is 71.8 Å². The largest absolute Gasteiger partial charge is 0.322 e. The van der Waals surface area contributed by atoms with Crippen LogP contribution in [0.2, 0.25) is 0 Å². The number of nitrogens with one attached hydrogen (secondary N) is 2. The Bertz CT molecular complexity index is 920. The number of hydrogen-bond donors (Lipinski definition) is 2. The Morgan fingerprint density at radius 1 is 1.12 bits per heavy atom. The first-order chi connectivity index (χ1) is 12.0. The Balaban J connectivity index is 1.78. The van der Waals surface area contributed by atoms with Gasteiger partial charge >= 0.3 is 0 Å². The van der Waals surface area contributed by atoms with E-state index < -0.39 is 10.0 Å². The lowest BCUT2D eigenvalue weighted by Gasteiger charge is -2.09. The highest BCUT2D eigenvalue weighted by atomic mass is 32.2. The molecule has 2 aromatic rings. The summed E-state index contributed by atoms with van der Waals surface area (Å²) in [6.07, 6.45) is 4.72. The molecule has 0 saturated carbocycles. The molecule has 25 heavy (non-hydrogen) atoms. The second-order valence-electron chi connectivity index (χ2n) is 5.96. The molecule has 5 nitrogen and oxygen atoms in total. The van der Waals surface area contributed by atoms with Crippen LogP contribution in [-0.4, -0.2) is 20.9 Å². The number of amides is 1. The van der Waals surface area contributed by atoms with Crippen LogP contribution in [0.1, 0.15) is 27.9 Å². The van der Waals surface area contributed by atoms with Gasteiger partial charge in [0.25, 0.3) is 5.91 Å². The molecule has 2 aromatic carbocycles. The smallest absolute Gasteiger partial charge is 0.255 e. The molecule has 0 saturated heterocycles. The van der Waals surface area contributed by atoms with Gasteiger partial charge < -0.3 is 5.32 Å². The summed E-state index contributed by atoms with van der Waals surface area (Å²) in [7, 11) is -3.66. The average Bonchev–Trinajstić information content (AvgIpc) is 3.08. The lowest BCUT2D eigenvalue weighted by atomic mass is 10.1. The van der Waals surface area contributed by atoms with E-state index in [9.17, 15) is 13.2 Å². The minimum Gasteiger partial charge on any atom is -0.322 e. The molecule has 1 aliphatic rings. The van der Waals surface area contributed by atoms with Crippen molar-refractivity contribution in [2.24, 2.45) is 0 Å². The fourth-order valence-corrected chi connectivity index (χ4v) is 3.95. The van der Waals surface area contributed by atoms with Crippen LogP contribution in [0.25, 0.3) is 0 Å². The summed E-state index contributed by atoms with van der Waals surface area (Å²) in [5.74, 6) is -0.335. The van der Waals surface area contributed by atoms with Gasteiger partial charge in [-0.05, 0) is 60.7 Å². The maximum atomic E-state index is 12.5. The van der Waals surface area contributed by atoms with Gasteiger partial charge in [-0.15, -0.1) is 6.58 Å². The summed E-state index contributed by atoms with van der Waals surface area (Å²) in [6.45, 7) is 3.62. The molecule has 0 unspecified atom stereocenters. The molecule has 0 bridgehead atoms. The molecule has 1 aliphatic carbocycles. The van der Waals surface area contributed by atoms with Crippen molar-refractivity contribution in [1.29, 1.82) is 0 Å². The number of rotatable bonds is 6. The van der Waals surface area contributed by atoms with E-state index in [0.717, 1.165) is 24.9 Å². The van der Waals surface area contributed by atoms with Gasteiger partial charge in [-0.1, -0.05) is 18.2 Å². The zero-order valence-electron chi connectivity index (χ0n) is 13.8. The number of carbonyl (C=O) groups excluding carboxylic acids is 1. The van der Waals surface area contributed by atoms with E-state index in [1.807, 2.05) is 18.2 Å². The number of sulfonamides is 1. The summed E-state index contributed by atoms with van der Waals surface area (Å²) in [5, 5.41) is 2.84. The number of anilines is 1. The predicted molar refractivity (Wildman–Crippen MR) is 98.2 cm³/mol. The Morgan fingerprint density at radius 3 is 2.72 bits per heavy atom.